The molecule has 0 aromatic carbocycles. The molecule has 1 aliphatic carbocycles. The lowest BCUT2D eigenvalue weighted by Gasteiger charge is -2.31. The fraction of sp³-hybridized carbons (Fsp3) is 0.176. The number of hydrogen-bond donors (Lipinski definition) is 1. The van der Waals surface area contributed by atoms with Gasteiger partial charge in [0.2, 0.25) is 0 Å². The molecule has 4 heteroatoms. The summed E-state index contributed by atoms with van der Waals surface area (Å²) < 4.78 is 0. The molecular weight excluding hydrogens is 262 g/mol. The maximum atomic E-state index is 9.52. The molecule has 0 spiro atoms. The van der Waals surface area contributed by atoms with Crippen molar-refractivity contribution < 1.29 is 5.11 Å². The molecule has 0 unspecified atom stereocenters. The molecule has 2 aliphatic rings. The Morgan fingerprint density at radius 2 is 1.76 bits per heavy atom. The molecule has 0 radical (unpaired) electrons. The Morgan fingerprint density at radius 1 is 1.14 bits per heavy atom. The number of rotatable bonds is 1. The van der Waals surface area contributed by atoms with Gasteiger partial charge in [0.05, 0.1) is 0 Å². The Kier molecular flexibility index (Phi) is 4.11. The van der Waals surface area contributed by atoms with Gasteiger partial charge in [0, 0.05) is 29.1 Å². The van der Waals surface area contributed by atoms with Crippen LogP contribution in [0.25, 0.3) is 0 Å². The van der Waals surface area contributed by atoms with E-state index in [0.29, 0.717) is 12.0 Å². The third-order valence-electron chi connectivity index (χ3n) is 3.30. The molecule has 0 aromatic heterocycles. The predicted molar refractivity (Wildman–Crippen MR) is 80.2 cm³/mol. The van der Waals surface area contributed by atoms with E-state index in [9.17, 15) is 5.11 Å². The van der Waals surface area contributed by atoms with Gasteiger partial charge in [-0.25, -0.2) is 0 Å². The summed E-state index contributed by atoms with van der Waals surface area (Å²) in [4.78, 5) is 2.05. The van der Waals surface area contributed by atoms with Gasteiger partial charge >= 0.3 is 0 Å². The average Bonchev–Trinajstić information content (AvgIpc) is 2.65. The SMILES string of the molecule is CC1=CC(=C(C#N)C#N)C=C(C)N1C1=CC=C(O)C=CC1. The second-order valence-electron chi connectivity index (χ2n) is 4.82. The molecule has 0 aromatic rings. The Balaban J connectivity index is 2.44. The number of aliphatic hydroxyl groups excluding tert-OH is 1. The standard InChI is InChI=1S/C17H15N3O/c1-12-8-14(15(10-18)11-19)9-13(2)20(12)16-4-3-5-17(21)7-6-16/h3,5-9,21H,4H2,1-2H3. The Morgan fingerprint density at radius 3 is 2.33 bits per heavy atom. The van der Waals surface area contributed by atoms with Gasteiger partial charge in [0.1, 0.15) is 23.5 Å². The van der Waals surface area contributed by atoms with E-state index in [0.717, 1.165) is 17.1 Å². The van der Waals surface area contributed by atoms with E-state index < -0.39 is 0 Å². The lowest BCUT2D eigenvalue weighted by atomic mass is 10.0. The third-order valence-corrected chi connectivity index (χ3v) is 3.30. The second kappa shape index (κ2) is 5.98. The second-order valence-corrected chi connectivity index (χ2v) is 4.82. The van der Waals surface area contributed by atoms with Crippen LogP contribution in [0.1, 0.15) is 20.3 Å². The van der Waals surface area contributed by atoms with Crippen LogP contribution in [0.3, 0.4) is 0 Å². The third kappa shape index (κ3) is 2.96. The van der Waals surface area contributed by atoms with Crippen molar-refractivity contribution in [2.24, 2.45) is 0 Å². The monoisotopic (exact) mass is 277 g/mol. The molecule has 1 aliphatic heterocycles. The van der Waals surface area contributed by atoms with Gasteiger partial charge in [0.15, 0.2) is 0 Å². The molecule has 1 N–H and O–H groups in total. The zero-order chi connectivity index (χ0) is 15.4. The fourth-order valence-electron chi connectivity index (χ4n) is 2.42. The van der Waals surface area contributed by atoms with Crippen LogP contribution in [0.5, 0.6) is 0 Å². The van der Waals surface area contributed by atoms with Crippen LogP contribution < -0.4 is 0 Å². The molecule has 4 nitrogen and oxygen atoms in total. The topological polar surface area (TPSA) is 71.0 Å². The molecule has 1 heterocycles. The summed E-state index contributed by atoms with van der Waals surface area (Å²) in [5.74, 6) is 0.224. The van der Waals surface area contributed by atoms with Gasteiger partial charge < -0.3 is 10.0 Å². The van der Waals surface area contributed by atoms with Crippen molar-refractivity contribution in [3.63, 3.8) is 0 Å². The molecule has 104 valence electrons. The van der Waals surface area contributed by atoms with E-state index >= 15 is 0 Å². The van der Waals surface area contributed by atoms with E-state index in [1.165, 1.54) is 0 Å². The summed E-state index contributed by atoms with van der Waals surface area (Å²) in [5, 5.41) is 27.5. The average molecular weight is 277 g/mol. The van der Waals surface area contributed by atoms with E-state index in [1.807, 2.05) is 50.3 Å². The summed E-state index contributed by atoms with van der Waals surface area (Å²) in [5.41, 5.74) is 3.63. The Hall–Kier alpha value is -2.98. The minimum absolute atomic E-state index is 0.112. The lowest BCUT2D eigenvalue weighted by Crippen LogP contribution is -2.21. The van der Waals surface area contributed by atoms with Crippen molar-refractivity contribution in [2.75, 3.05) is 0 Å². The first-order valence-corrected chi connectivity index (χ1v) is 6.54. The highest BCUT2D eigenvalue weighted by molar-refractivity contribution is 5.54. The molecule has 0 saturated heterocycles. The molecule has 21 heavy (non-hydrogen) atoms. The molecular formula is C17H15N3O. The summed E-state index contributed by atoms with van der Waals surface area (Å²) in [6.07, 6.45) is 11.4. The summed E-state index contributed by atoms with van der Waals surface area (Å²) in [6.45, 7) is 3.86. The number of nitriles is 2. The zero-order valence-corrected chi connectivity index (χ0v) is 12.0. The van der Waals surface area contributed by atoms with Crippen molar-refractivity contribution in [3.8, 4) is 12.1 Å². The Bertz CT molecular complexity index is 693. The van der Waals surface area contributed by atoms with Gasteiger partial charge in [-0.15, -0.1) is 0 Å². The Labute approximate surface area is 124 Å². The number of hydrogen-bond acceptors (Lipinski definition) is 4. The smallest absolute Gasteiger partial charge is 0.137 e. The van der Waals surface area contributed by atoms with Gasteiger partial charge in [0.25, 0.3) is 0 Å². The summed E-state index contributed by atoms with van der Waals surface area (Å²) in [6, 6.07) is 3.83. The van der Waals surface area contributed by atoms with Gasteiger partial charge in [-0.05, 0) is 44.2 Å². The van der Waals surface area contributed by atoms with Crippen LogP contribution in [0.15, 0.2) is 70.5 Å². The van der Waals surface area contributed by atoms with Crippen LogP contribution in [0.2, 0.25) is 0 Å². The van der Waals surface area contributed by atoms with E-state index in [-0.39, 0.29) is 11.3 Å². The number of allylic oxidation sites excluding steroid dienone is 10. The molecule has 0 atom stereocenters. The van der Waals surface area contributed by atoms with Gasteiger partial charge in [-0.3, -0.25) is 0 Å². The van der Waals surface area contributed by atoms with Crippen LogP contribution in [-0.2, 0) is 0 Å². The maximum absolute atomic E-state index is 9.52. The minimum Gasteiger partial charge on any atom is -0.508 e. The van der Waals surface area contributed by atoms with Gasteiger partial charge in [-0.2, -0.15) is 10.5 Å². The molecule has 0 fully saturated rings. The van der Waals surface area contributed by atoms with Gasteiger partial charge in [-0.1, -0.05) is 6.08 Å². The first kappa shape index (κ1) is 14.4. The quantitative estimate of drug-likeness (QED) is 0.741. The highest BCUT2D eigenvalue weighted by atomic mass is 16.3. The van der Waals surface area contributed by atoms with Crippen molar-refractivity contribution in [1.82, 2.24) is 4.90 Å². The highest BCUT2D eigenvalue weighted by Crippen LogP contribution is 2.30. The first-order chi connectivity index (χ1) is 10.1. The van der Waals surface area contributed by atoms with E-state index in [4.69, 9.17) is 10.5 Å². The predicted octanol–water partition coefficient (Wildman–Crippen LogP) is 3.74. The highest BCUT2D eigenvalue weighted by Gasteiger charge is 2.19. The first-order valence-electron chi connectivity index (χ1n) is 6.54. The van der Waals surface area contributed by atoms with Crippen LogP contribution in [-0.4, -0.2) is 10.0 Å². The zero-order valence-electron chi connectivity index (χ0n) is 12.0. The van der Waals surface area contributed by atoms with Crippen LogP contribution in [0, 0.1) is 22.7 Å². The van der Waals surface area contributed by atoms with Crippen LogP contribution >= 0.6 is 0 Å². The number of aliphatic hydroxyl groups is 1. The fourth-order valence-corrected chi connectivity index (χ4v) is 2.42. The maximum Gasteiger partial charge on any atom is 0.137 e. The van der Waals surface area contributed by atoms with Crippen molar-refractivity contribution >= 4 is 0 Å². The van der Waals surface area contributed by atoms with E-state index in [1.54, 1.807) is 12.2 Å². The lowest BCUT2D eigenvalue weighted by molar-refractivity contribution is 0.432. The summed E-state index contributed by atoms with van der Waals surface area (Å²) in [7, 11) is 0. The molecule has 0 amide bonds. The van der Waals surface area contributed by atoms with Crippen molar-refractivity contribution in [1.29, 1.82) is 10.5 Å². The van der Waals surface area contributed by atoms with Crippen LogP contribution in [0.4, 0.5) is 0 Å². The number of nitrogens with zero attached hydrogens (tertiary/aromatic N) is 3. The summed E-state index contributed by atoms with van der Waals surface area (Å²) >= 11 is 0. The van der Waals surface area contributed by atoms with Crippen molar-refractivity contribution in [2.45, 2.75) is 20.3 Å². The minimum atomic E-state index is 0.112. The van der Waals surface area contributed by atoms with E-state index in [2.05, 4.69) is 4.90 Å². The van der Waals surface area contributed by atoms with Crippen molar-refractivity contribution in [3.05, 3.63) is 70.5 Å². The largest absolute Gasteiger partial charge is 0.508 e. The molecule has 2 rings (SSSR count). The molecule has 0 bridgehead atoms. The molecule has 0 saturated carbocycles. The normalized spacial score (nSPS) is 17.7.